The molecule has 0 aliphatic carbocycles. The summed E-state index contributed by atoms with van der Waals surface area (Å²) in [5.74, 6) is 0. The van der Waals surface area contributed by atoms with E-state index in [0.29, 0.717) is 0 Å². The number of pyridine rings is 2. The van der Waals surface area contributed by atoms with E-state index >= 15 is 0 Å². The van der Waals surface area contributed by atoms with Crippen molar-refractivity contribution < 1.29 is 0 Å². The fourth-order valence-electron chi connectivity index (χ4n) is 2.82. The number of nitrogens with one attached hydrogen (secondary N) is 1. The predicted octanol–water partition coefficient (Wildman–Crippen LogP) is 1.86. The van der Waals surface area contributed by atoms with Crippen LogP contribution in [0.4, 0.5) is 0 Å². The molecule has 0 bridgehead atoms. The summed E-state index contributed by atoms with van der Waals surface area (Å²) in [6.45, 7) is 4.31. The van der Waals surface area contributed by atoms with Crippen LogP contribution in [-0.2, 0) is 0 Å². The molecular weight excluding hydrogens is 248 g/mol. The Labute approximate surface area is 119 Å². The molecule has 1 fully saturated rings. The smallest absolute Gasteiger partial charge is 0.0618 e. The Kier molecular flexibility index (Phi) is 4.35. The molecule has 1 N–H and O–H groups in total. The second-order valence-corrected chi connectivity index (χ2v) is 5.11. The summed E-state index contributed by atoms with van der Waals surface area (Å²) >= 11 is 0. The van der Waals surface area contributed by atoms with Gasteiger partial charge in [0.2, 0.25) is 0 Å². The summed E-state index contributed by atoms with van der Waals surface area (Å²) in [6.07, 6.45) is 8.73. The van der Waals surface area contributed by atoms with E-state index in [2.05, 4.69) is 38.4 Å². The third-order valence-electron chi connectivity index (χ3n) is 3.76. The Morgan fingerprint density at radius 1 is 0.950 bits per heavy atom. The fraction of sp³-hybridized carbons (Fsp3) is 0.375. The molecule has 1 unspecified atom stereocenters. The molecule has 20 heavy (non-hydrogen) atoms. The quantitative estimate of drug-likeness (QED) is 0.922. The first-order valence-electron chi connectivity index (χ1n) is 7.20. The van der Waals surface area contributed by atoms with Crippen molar-refractivity contribution >= 4 is 0 Å². The minimum atomic E-state index is 0.270. The van der Waals surface area contributed by atoms with Gasteiger partial charge in [0.1, 0.15) is 0 Å². The molecule has 0 amide bonds. The van der Waals surface area contributed by atoms with Crippen LogP contribution in [0.5, 0.6) is 0 Å². The van der Waals surface area contributed by atoms with Gasteiger partial charge in [0.25, 0.3) is 0 Å². The Morgan fingerprint density at radius 3 is 2.65 bits per heavy atom. The van der Waals surface area contributed by atoms with Gasteiger partial charge >= 0.3 is 0 Å². The highest BCUT2D eigenvalue weighted by molar-refractivity contribution is 5.28. The van der Waals surface area contributed by atoms with E-state index in [-0.39, 0.29) is 6.04 Å². The maximum absolute atomic E-state index is 4.29. The summed E-state index contributed by atoms with van der Waals surface area (Å²) in [6, 6.07) is 8.66. The SMILES string of the molecule is c1cncc(C(c2ccncc2)N2CCCNCC2)c1. The average Bonchev–Trinajstić information content (AvgIpc) is 2.79. The van der Waals surface area contributed by atoms with Crippen molar-refractivity contribution in [3.05, 3.63) is 60.2 Å². The van der Waals surface area contributed by atoms with E-state index in [1.165, 1.54) is 17.5 Å². The van der Waals surface area contributed by atoms with Crippen molar-refractivity contribution in [3.63, 3.8) is 0 Å². The lowest BCUT2D eigenvalue weighted by molar-refractivity contribution is 0.240. The van der Waals surface area contributed by atoms with Gasteiger partial charge in [-0.15, -0.1) is 0 Å². The molecule has 1 aliphatic rings. The lowest BCUT2D eigenvalue weighted by Gasteiger charge is -2.31. The molecule has 0 radical (unpaired) electrons. The topological polar surface area (TPSA) is 41.1 Å². The molecule has 2 aromatic rings. The molecule has 0 saturated carbocycles. The molecular formula is C16H20N4. The van der Waals surface area contributed by atoms with Gasteiger partial charge in [-0.05, 0) is 42.3 Å². The molecule has 0 spiro atoms. The third kappa shape index (κ3) is 3.03. The largest absolute Gasteiger partial charge is 0.315 e. The van der Waals surface area contributed by atoms with Crippen LogP contribution in [0.25, 0.3) is 0 Å². The monoisotopic (exact) mass is 268 g/mol. The average molecular weight is 268 g/mol. The summed E-state index contributed by atoms with van der Waals surface area (Å²) in [5, 5.41) is 3.47. The zero-order chi connectivity index (χ0) is 13.6. The number of rotatable bonds is 3. The van der Waals surface area contributed by atoms with E-state index in [0.717, 1.165) is 26.2 Å². The zero-order valence-corrected chi connectivity index (χ0v) is 11.6. The standard InChI is InChI=1S/C16H20N4/c1-3-15(13-19-6-1)16(14-4-8-18-9-5-14)20-11-2-7-17-10-12-20/h1,3-6,8-9,13,16-17H,2,7,10-12H2. The number of hydrogen-bond donors (Lipinski definition) is 1. The van der Waals surface area contributed by atoms with Crippen LogP contribution in [0.15, 0.2) is 49.1 Å². The molecule has 4 nitrogen and oxygen atoms in total. The van der Waals surface area contributed by atoms with Crippen LogP contribution in [0, 0.1) is 0 Å². The first-order valence-corrected chi connectivity index (χ1v) is 7.20. The normalized spacial score (nSPS) is 18.4. The van der Waals surface area contributed by atoms with Crippen LogP contribution in [0.2, 0.25) is 0 Å². The molecule has 3 rings (SSSR count). The second kappa shape index (κ2) is 6.59. The second-order valence-electron chi connectivity index (χ2n) is 5.11. The van der Waals surface area contributed by atoms with E-state index in [4.69, 9.17) is 0 Å². The van der Waals surface area contributed by atoms with Crippen LogP contribution in [-0.4, -0.2) is 41.0 Å². The zero-order valence-electron chi connectivity index (χ0n) is 11.6. The van der Waals surface area contributed by atoms with Gasteiger partial charge in [-0.3, -0.25) is 14.9 Å². The number of nitrogens with zero attached hydrogens (tertiary/aromatic N) is 3. The van der Waals surface area contributed by atoms with Crippen molar-refractivity contribution in [2.24, 2.45) is 0 Å². The van der Waals surface area contributed by atoms with E-state index in [1.807, 2.05) is 30.9 Å². The Hall–Kier alpha value is -1.78. The first kappa shape index (κ1) is 13.2. The molecule has 104 valence electrons. The minimum absolute atomic E-state index is 0.270. The van der Waals surface area contributed by atoms with Crippen molar-refractivity contribution in [2.75, 3.05) is 26.2 Å². The lowest BCUT2D eigenvalue weighted by atomic mass is 9.99. The van der Waals surface area contributed by atoms with Crippen LogP contribution in [0.3, 0.4) is 0 Å². The molecule has 1 atom stereocenters. The molecule has 2 aromatic heterocycles. The highest BCUT2D eigenvalue weighted by atomic mass is 15.2. The van der Waals surface area contributed by atoms with Crippen LogP contribution < -0.4 is 5.32 Å². The number of hydrogen-bond acceptors (Lipinski definition) is 4. The maximum Gasteiger partial charge on any atom is 0.0618 e. The summed E-state index contributed by atoms with van der Waals surface area (Å²) in [5.41, 5.74) is 2.54. The van der Waals surface area contributed by atoms with Crippen molar-refractivity contribution in [2.45, 2.75) is 12.5 Å². The minimum Gasteiger partial charge on any atom is -0.315 e. The van der Waals surface area contributed by atoms with Crippen molar-refractivity contribution in [3.8, 4) is 0 Å². The Balaban J connectivity index is 1.95. The third-order valence-corrected chi connectivity index (χ3v) is 3.76. The van der Waals surface area contributed by atoms with Gasteiger partial charge in [-0.1, -0.05) is 6.07 Å². The Morgan fingerprint density at radius 2 is 1.85 bits per heavy atom. The molecule has 3 heterocycles. The van der Waals surface area contributed by atoms with Crippen molar-refractivity contribution in [1.29, 1.82) is 0 Å². The van der Waals surface area contributed by atoms with Crippen molar-refractivity contribution in [1.82, 2.24) is 20.2 Å². The predicted molar refractivity (Wildman–Crippen MR) is 79.4 cm³/mol. The van der Waals surface area contributed by atoms with E-state index in [1.54, 1.807) is 0 Å². The maximum atomic E-state index is 4.29. The van der Waals surface area contributed by atoms with Gasteiger partial charge in [-0.2, -0.15) is 0 Å². The van der Waals surface area contributed by atoms with Gasteiger partial charge in [0, 0.05) is 44.4 Å². The van der Waals surface area contributed by atoms with E-state index < -0.39 is 0 Å². The van der Waals surface area contributed by atoms with Gasteiger partial charge in [0.05, 0.1) is 6.04 Å². The fourth-order valence-corrected chi connectivity index (χ4v) is 2.82. The Bertz CT molecular complexity index is 467. The number of aromatic nitrogens is 2. The van der Waals surface area contributed by atoms with E-state index in [9.17, 15) is 0 Å². The van der Waals surface area contributed by atoms with Gasteiger partial charge < -0.3 is 5.32 Å². The summed E-state index contributed by atoms with van der Waals surface area (Å²) in [7, 11) is 0. The summed E-state index contributed by atoms with van der Waals surface area (Å²) in [4.78, 5) is 11.0. The molecule has 4 heteroatoms. The first-order chi connectivity index (χ1) is 9.95. The molecule has 0 aromatic carbocycles. The highest BCUT2D eigenvalue weighted by Crippen LogP contribution is 2.28. The van der Waals surface area contributed by atoms with Crippen LogP contribution in [0.1, 0.15) is 23.6 Å². The van der Waals surface area contributed by atoms with Gasteiger partial charge in [0.15, 0.2) is 0 Å². The molecule has 1 aliphatic heterocycles. The van der Waals surface area contributed by atoms with Gasteiger partial charge in [-0.25, -0.2) is 0 Å². The molecule has 1 saturated heterocycles. The highest BCUT2D eigenvalue weighted by Gasteiger charge is 2.23. The lowest BCUT2D eigenvalue weighted by Crippen LogP contribution is -2.33. The summed E-state index contributed by atoms with van der Waals surface area (Å²) < 4.78 is 0. The van der Waals surface area contributed by atoms with Crippen LogP contribution >= 0.6 is 0 Å².